The van der Waals surface area contributed by atoms with Crippen molar-refractivity contribution in [1.82, 2.24) is 15.6 Å². The fourth-order valence-corrected chi connectivity index (χ4v) is 9.25. The molecule has 5 nitrogen and oxygen atoms in total. The van der Waals surface area contributed by atoms with Crippen molar-refractivity contribution in [3.63, 3.8) is 0 Å². The molecule has 5 aliphatic rings. The minimum absolute atomic E-state index is 0.0836. The van der Waals surface area contributed by atoms with E-state index in [1.165, 1.54) is 45.1 Å². The molecule has 2 N–H and O–H groups in total. The number of nitrogens with one attached hydrogen (secondary N) is 1. The SMILES string of the molecule is CC[C@@]1(O)CC[C@H]2[C@H](CC[C@@H]3[C@@H]2CC[C@]2(C)[C@@H](C(=O)CN4NN(C)C(C)=C4/C=C(\C)F)CC[C@@H]32)C1. The molecule has 0 radical (unpaired) electrons. The molecule has 4 aliphatic carbocycles. The summed E-state index contributed by atoms with van der Waals surface area (Å²) in [7, 11) is 1.90. The van der Waals surface area contributed by atoms with E-state index in [-0.39, 0.29) is 23.7 Å². The first-order chi connectivity index (χ1) is 16.6. The van der Waals surface area contributed by atoms with Gasteiger partial charge in [-0.2, -0.15) is 0 Å². The van der Waals surface area contributed by atoms with Crippen molar-refractivity contribution < 1.29 is 14.3 Å². The minimum atomic E-state index is -0.429. The third-order valence-electron chi connectivity index (χ3n) is 11.2. The van der Waals surface area contributed by atoms with Gasteiger partial charge in [-0.25, -0.2) is 4.39 Å². The molecule has 0 amide bonds. The number of allylic oxidation sites excluding steroid dienone is 3. The number of carbonyl (C=O) groups excluding carboxylic acids is 1. The molecule has 0 bridgehead atoms. The summed E-state index contributed by atoms with van der Waals surface area (Å²) in [6, 6.07) is 0. The van der Waals surface area contributed by atoms with E-state index in [1.54, 1.807) is 0 Å². The first-order valence-electron chi connectivity index (χ1n) is 14.1. The van der Waals surface area contributed by atoms with Crippen LogP contribution >= 0.6 is 0 Å². The lowest BCUT2D eigenvalue weighted by Gasteiger charge is -2.57. The Bertz CT molecular complexity index is 914. The number of hydrogen-bond acceptors (Lipinski definition) is 5. The van der Waals surface area contributed by atoms with Crippen molar-refractivity contribution in [2.24, 2.45) is 40.9 Å². The predicted octanol–water partition coefficient (Wildman–Crippen LogP) is 5.74. The van der Waals surface area contributed by atoms with Crippen LogP contribution in [0.25, 0.3) is 0 Å². The quantitative estimate of drug-likeness (QED) is 0.518. The van der Waals surface area contributed by atoms with Crippen molar-refractivity contribution in [1.29, 1.82) is 0 Å². The number of halogens is 1. The van der Waals surface area contributed by atoms with Gasteiger partial charge < -0.3 is 5.11 Å². The summed E-state index contributed by atoms with van der Waals surface area (Å²) >= 11 is 0. The summed E-state index contributed by atoms with van der Waals surface area (Å²) in [5.41, 5.74) is 4.54. The number of nitrogens with zero attached hydrogens (tertiary/aromatic N) is 2. The Hall–Kier alpha value is -1.40. The zero-order chi connectivity index (χ0) is 25.1. The second kappa shape index (κ2) is 9.16. The van der Waals surface area contributed by atoms with Crippen LogP contribution in [0.2, 0.25) is 0 Å². The summed E-state index contributed by atoms with van der Waals surface area (Å²) in [4.78, 5) is 13.7. The van der Waals surface area contributed by atoms with Crippen molar-refractivity contribution in [2.45, 2.75) is 97.5 Å². The molecule has 6 heteroatoms. The van der Waals surface area contributed by atoms with Gasteiger partial charge in [-0.3, -0.25) is 14.8 Å². The molecule has 0 spiro atoms. The van der Waals surface area contributed by atoms with E-state index in [2.05, 4.69) is 19.4 Å². The largest absolute Gasteiger partial charge is 0.390 e. The molecule has 0 saturated heterocycles. The number of rotatable bonds is 5. The molecule has 196 valence electrons. The van der Waals surface area contributed by atoms with Crippen LogP contribution in [0.4, 0.5) is 4.39 Å². The van der Waals surface area contributed by atoms with Crippen molar-refractivity contribution in [3.05, 3.63) is 23.3 Å². The number of carbonyl (C=O) groups is 1. The summed E-state index contributed by atoms with van der Waals surface area (Å²) in [6.45, 7) is 8.22. The van der Waals surface area contributed by atoms with Gasteiger partial charge in [-0.05, 0) is 119 Å². The van der Waals surface area contributed by atoms with Crippen molar-refractivity contribution in [2.75, 3.05) is 13.6 Å². The summed E-state index contributed by atoms with van der Waals surface area (Å²) in [5.74, 6) is 3.76. The molecule has 5 rings (SSSR count). The van der Waals surface area contributed by atoms with Crippen LogP contribution in [0, 0.1) is 40.9 Å². The number of hydrazine groups is 2. The lowest BCUT2D eigenvalue weighted by Crippen LogP contribution is -2.52. The highest BCUT2D eigenvalue weighted by molar-refractivity contribution is 5.84. The second-order valence-electron chi connectivity index (χ2n) is 12.8. The van der Waals surface area contributed by atoms with Gasteiger partial charge in [0.2, 0.25) is 0 Å². The Morgan fingerprint density at radius 3 is 2.60 bits per heavy atom. The predicted molar refractivity (Wildman–Crippen MR) is 136 cm³/mol. The smallest absolute Gasteiger partial charge is 0.157 e. The maximum absolute atomic E-state index is 13.7. The average molecular weight is 488 g/mol. The van der Waals surface area contributed by atoms with Crippen LogP contribution in [-0.2, 0) is 4.79 Å². The topological polar surface area (TPSA) is 55.8 Å². The first kappa shape index (κ1) is 25.3. The van der Waals surface area contributed by atoms with Gasteiger partial charge in [0.05, 0.1) is 29.4 Å². The number of hydrogen-bond donors (Lipinski definition) is 2. The summed E-state index contributed by atoms with van der Waals surface area (Å²) < 4.78 is 13.7. The minimum Gasteiger partial charge on any atom is -0.390 e. The van der Waals surface area contributed by atoms with E-state index < -0.39 is 5.60 Å². The van der Waals surface area contributed by atoms with E-state index in [1.807, 2.05) is 24.0 Å². The van der Waals surface area contributed by atoms with Crippen LogP contribution in [0.5, 0.6) is 0 Å². The number of fused-ring (bicyclic) bond motifs is 5. The second-order valence-corrected chi connectivity index (χ2v) is 12.8. The molecule has 0 aromatic rings. The van der Waals surface area contributed by atoms with E-state index in [0.717, 1.165) is 61.3 Å². The molecule has 35 heavy (non-hydrogen) atoms. The molecule has 1 heterocycles. The molecule has 0 aromatic heterocycles. The van der Waals surface area contributed by atoms with Gasteiger partial charge in [0, 0.05) is 13.0 Å². The Kier molecular flexibility index (Phi) is 6.61. The Morgan fingerprint density at radius 1 is 1.14 bits per heavy atom. The van der Waals surface area contributed by atoms with Gasteiger partial charge in [0.1, 0.15) is 0 Å². The maximum atomic E-state index is 13.7. The summed E-state index contributed by atoms with van der Waals surface area (Å²) in [6.07, 6.45) is 12.6. The summed E-state index contributed by atoms with van der Waals surface area (Å²) in [5, 5.41) is 14.6. The zero-order valence-corrected chi connectivity index (χ0v) is 22.4. The van der Waals surface area contributed by atoms with Gasteiger partial charge in [-0.15, -0.1) is 5.53 Å². The van der Waals surface area contributed by atoms with Crippen LogP contribution in [-0.4, -0.2) is 40.1 Å². The third-order valence-corrected chi connectivity index (χ3v) is 11.2. The van der Waals surface area contributed by atoms with Gasteiger partial charge >= 0.3 is 0 Å². The lowest BCUT2D eigenvalue weighted by molar-refractivity contribution is -0.134. The van der Waals surface area contributed by atoms with Crippen LogP contribution in [0.1, 0.15) is 91.9 Å². The lowest BCUT2D eigenvalue weighted by atomic mass is 9.48. The van der Waals surface area contributed by atoms with Crippen LogP contribution in [0.3, 0.4) is 0 Å². The standard InChI is InChI=1S/C29H46FN3O2/c1-6-29(35)14-12-21-20(16-29)7-8-23-22(21)11-13-28(4)24(23)9-10-25(28)27(34)17-33-26(15-18(2)30)19(3)32(5)31-33/h15,20-25,31,35H,6-14,16-17H2,1-5H3/b18-15+/t20-,21+,22-,23-,24+,25-,28+,29-/m1/s1. The molecule has 0 unspecified atom stereocenters. The highest BCUT2D eigenvalue weighted by Crippen LogP contribution is 2.64. The van der Waals surface area contributed by atoms with E-state index in [4.69, 9.17) is 0 Å². The molecule has 1 aliphatic heterocycles. The van der Waals surface area contributed by atoms with Crippen molar-refractivity contribution in [3.8, 4) is 0 Å². The van der Waals surface area contributed by atoms with Crippen LogP contribution in [0.15, 0.2) is 23.3 Å². The highest BCUT2D eigenvalue weighted by Gasteiger charge is 2.59. The normalized spacial score (nSPS) is 43.8. The maximum Gasteiger partial charge on any atom is 0.157 e. The highest BCUT2D eigenvalue weighted by atomic mass is 19.1. The fraction of sp³-hybridized carbons (Fsp3) is 0.828. The van der Waals surface area contributed by atoms with Gasteiger partial charge in [-0.1, -0.05) is 13.8 Å². The molecule has 0 aromatic carbocycles. The molecular weight excluding hydrogens is 441 g/mol. The molecule has 4 fully saturated rings. The van der Waals surface area contributed by atoms with Gasteiger partial charge in [0.15, 0.2) is 5.78 Å². The van der Waals surface area contributed by atoms with E-state index in [0.29, 0.717) is 17.6 Å². The fourth-order valence-electron chi connectivity index (χ4n) is 9.25. The van der Waals surface area contributed by atoms with E-state index >= 15 is 0 Å². The van der Waals surface area contributed by atoms with Gasteiger partial charge in [0.25, 0.3) is 0 Å². The molecule has 8 atom stereocenters. The molecule has 4 saturated carbocycles. The Morgan fingerprint density at radius 2 is 1.89 bits per heavy atom. The number of ketones is 1. The zero-order valence-electron chi connectivity index (χ0n) is 22.4. The van der Waals surface area contributed by atoms with E-state index in [9.17, 15) is 14.3 Å². The number of aliphatic hydroxyl groups is 1. The average Bonchev–Trinajstić information content (AvgIpc) is 3.30. The van der Waals surface area contributed by atoms with Crippen LogP contribution < -0.4 is 5.53 Å². The third kappa shape index (κ3) is 4.27. The Balaban J connectivity index is 1.28. The first-order valence-corrected chi connectivity index (χ1v) is 14.1. The Labute approximate surface area is 211 Å². The monoisotopic (exact) mass is 487 g/mol. The number of Topliss-reactive ketones (excluding diaryl/α,β-unsaturated/α-hetero) is 1. The molecular formula is C29H46FN3O2. The van der Waals surface area contributed by atoms with Crippen molar-refractivity contribution >= 4 is 5.78 Å².